The van der Waals surface area contributed by atoms with E-state index >= 15 is 0 Å². The van der Waals surface area contributed by atoms with E-state index in [1.807, 2.05) is 6.92 Å². The summed E-state index contributed by atoms with van der Waals surface area (Å²) >= 11 is 0. The number of pyridine rings is 1. The van der Waals surface area contributed by atoms with Crippen molar-refractivity contribution in [2.24, 2.45) is 17.5 Å². The molecule has 1 heterocycles. The Hall–Kier alpha value is -3.33. The van der Waals surface area contributed by atoms with E-state index in [2.05, 4.69) is 4.98 Å². The molecule has 1 saturated carbocycles. The summed E-state index contributed by atoms with van der Waals surface area (Å²) in [5.41, 5.74) is 14.1. The van der Waals surface area contributed by atoms with Crippen LogP contribution in [0.25, 0.3) is 0 Å². The number of hydrazine groups is 1. The molecule has 1 aromatic carbocycles. The zero-order chi connectivity index (χ0) is 24.1. The van der Waals surface area contributed by atoms with Gasteiger partial charge in [-0.25, -0.2) is 15.2 Å². The van der Waals surface area contributed by atoms with Gasteiger partial charge in [-0.15, -0.1) is 0 Å². The van der Waals surface area contributed by atoms with Gasteiger partial charge in [0.05, 0.1) is 6.54 Å². The number of hydrogen-bond donors (Lipinski definition) is 3. The average molecular weight is 457 g/mol. The summed E-state index contributed by atoms with van der Waals surface area (Å²) in [7, 11) is 1.64. The van der Waals surface area contributed by atoms with Crippen LogP contribution in [0.15, 0.2) is 42.4 Å². The molecule has 33 heavy (non-hydrogen) atoms. The maximum atomic E-state index is 14.1. The Balaban J connectivity index is 1.73. The predicted octanol–water partition coefficient (Wildman–Crippen LogP) is 3.10. The lowest BCUT2D eigenvalue weighted by molar-refractivity contribution is 0.0800. The monoisotopic (exact) mass is 456 g/mol. The summed E-state index contributed by atoms with van der Waals surface area (Å²) in [4.78, 5) is 18.7. The Kier molecular flexibility index (Phi) is 7.75. The van der Waals surface area contributed by atoms with Crippen LogP contribution in [0.3, 0.4) is 0 Å². The number of hydrogen-bond acceptors (Lipinski definition) is 7. The van der Waals surface area contributed by atoms with Gasteiger partial charge >= 0.3 is 0 Å². The third kappa shape index (κ3) is 6.35. The molecule has 1 amide bonds. The van der Waals surface area contributed by atoms with E-state index in [1.165, 1.54) is 42.4 Å². The Labute approximate surface area is 194 Å². The van der Waals surface area contributed by atoms with Gasteiger partial charge in [0.15, 0.2) is 11.6 Å². The molecular formula is C24H33FN6O2. The maximum Gasteiger partial charge on any atom is 0.254 e. The van der Waals surface area contributed by atoms with Crippen LogP contribution in [0.2, 0.25) is 0 Å². The summed E-state index contributed by atoms with van der Waals surface area (Å²) in [6.45, 7) is 4.52. The number of halogens is 1. The highest BCUT2D eigenvalue weighted by atomic mass is 19.1. The quantitative estimate of drug-likeness (QED) is 0.391. The highest BCUT2D eigenvalue weighted by Crippen LogP contribution is 2.29. The van der Waals surface area contributed by atoms with Crippen molar-refractivity contribution in [2.75, 3.05) is 25.9 Å². The van der Waals surface area contributed by atoms with E-state index in [0.29, 0.717) is 28.5 Å². The fourth-order valence-corrected chi connectivity index (χ4v) is 3.80. The lowest BCUT2D eigenvalue weighted by Gasteiger charge is -2.29. The van der Waals surface area contributed by atoms with Crippen molar-refractivity contribution in [2.45, 2.75) is 39.2 Å². The number of aryl methyl sites for hydroxylation is 1. The average Bonchev–Trinajstić information content (AvgIpc) is 2.72. The highest BCUT2D eigenvalue weighted by molar-refractivity contribution is 5.95. The smallest absolute Gasteiger partial charge is 0.254 e. The van der Waals surface area contributed by atoms with Gasteiger partial charge in [0.2, 0.25) is 0 Å². The standard InChI is InChI=1S/C24H33FN6O2/c1-15-9-22(23(27)29-11-15)33-16(2)21-10-18(25)7-8-20(21)24(32)30(3)13-19(26)14-31(28)12-17-5-4-6-17/h7-11,14,16-17H,4-6,12-13,26,28H2,1-3H3,(H2,27,29)/b19-14-. The minimum absolute atomic E-state index is 0.179. The van der Waals surface area contributed by atoms with Crippen LogP contribution in [0.1, 0.15) is 53.8 Å². The summed E-state index contributed by atoms with van der Waals surface area (Å²) in [6, 6.07) is 5.75. The van der Waals surface area contributed by atoms with E-state index in [-0.39, 0.29) is 18.3 Å². The van der Waals surface area contributed by atoms with E-state index in [1.54, 1.807) is 37.4 Å². The van der Waals surface area contributed by atoms with Crippen LogP contribution < -0.4 is 22.0 Å². The Morgan fingerprint density at radius 2 is 2.09 bits per heavy atom. The minimum Gasteiger partial charge on any atom is -0.482 e. The molecule has 9 heteroatoms. The molecule has 1 fully saturated rings. The number of likely N-dealkylation sites (N-methyl/N-ethyl adjacent to an activating group) is 1. The fourth-order valence-electron chi connectivity index (χ4n) is 3.80. The molecule has 0 bridgehead atoms. The molecule has 1 atom stereocenters. The number of benzene rings is 1. The number of aromatic nitrogens is 1. The van der Waals surface area contributed by atoms with Gasteiger partial charge in [-0.1, -0.05) is 6.42 Å². The van der Waals surface area contributed by atoms with E-state index < -0.39 is 11.9 Å². The third-order valence-electron chi connectivity index (χ3n) is 5.80. The zero-order valence-corrected chi connectivity index (χ0v) is 19.4. The number of nitrogens with two attached hydrogens (primary N) is 3. The van der Waals surface area contributed by atoms with Gasteiger partial charge in [0, 0.05) is 42.8 Å². The van der Waals surface area contributed by atoms with Crippen LogP contribution >= 0.6 is 0 Å². The number of carbonyl (C=O) groups excluding carboxylic acids is 1. The van der Waals surface area contributed by atoms with E-state index in [0.717, 1.165) is 12.1 Å². The molecule has 8 nitrogen and oxygen atoms in total. The van der Waals surface area contributed by atoms with Gasteiger partial charge < -0.3 is 26.1 Å². The molecule has 1 aromatic heterocycles. The van der Waals surface area contributed by atoms with Gasteiger partial charge in [-0.2, -0.15) is 0 Å². The maximum absolute atomic E-state index is 14.1. The molecule has 3 rings (SSSR count). The van der Waals surface area contributed by atoms with Crippen LogP contribution in [0, 0.1) is 18.7 Å². The zero-order valence-electron chi connectivity index (χ0n) is 19.4. The van der Waals surface area contributed by atoms with Gasteiger partial charge in [0.1, 0.15) is 11.9 Å². The highest BCUT2D eigenvalue weighted by Gasteiger charge is 2.23. The summed E-state index contributed by atoms with van der Waals surface area (Å²) < 4.78 is 20.0. The molecule has 0 aliphatic heterocycles. The lowest BCUT2D eigenvalue weighted by Crippen LogP contribution is -2.36. The number of nitrogens with zero attached hydrogens (tertiary/aromatic N) is 3. The molecule has 1 aliphatic carbocycles. The molecule has 0 saturated heterocycles. The number of ether oxygens (including phenoxy) is 1. The predicted molar refractivity (Wildman–Crippen MR) is 126 cm³/mol. The summed E-state index contributed by atoms with van der Waals surface area (Å²) in [5.74, 6) is 6.44. The fraction of sp³-hybridized carbons (Fsp3) is 0.417. The second-order valence-corrected chi connectivity index (χ2v) is 8.75. The van der Waals surface area contributed by atoms with E-state index in [9.17, 15) is 9.18 Å². The van der Waals surface area contributed by atoms with Crippen molar-refractivity contribution in [3.63, 3.8) is 0 Å². The molecular weight excluding hydrogens is 423 g/mol. The molecule has 0 radical (unpaired) electrons. The Bertz CT molecular complexity index is 1020. The molecule has 0 spiro atoms. The van der Waals surface area contributed by atoms with Crippen molar-refractivity contribution in [3.05, 3.63) is 64.9 Å². The first kappa shape index (κ1) is 24.3. The van der Waals surface area contributed by atoms with Crippen molar-refractivity contribution < 1.29 is 13.9 Å². The molecule has 2 aromatic rings. The largest absolute Gasteiger partial charge is 0.482 e. The normalized spacial score (nSPS) is 15.0. The summed E-state index contributed by atoms with van der Waals surface area (Å²) in [5, 5.41) is 1.58. The van der Waals surface area contributed by atoms with E-state index in [4.69, 9.17) is 22.0 Å². The molecule has 1 aliphatic rings. The number of rotatable bonds is 9. The first-order chi connectivity index (χ1) is 15.6. The molecule has 6 N–H and O–H groups in total. The SMILES string of the molecule is Cc1cnc(N)c(OC(C)c2cc(F)ccc2C(=O)N(C)C/C(N)=C/N(N)CC2CCC2)c1. The Morgan fingerprint density at radius 1 is 1.36 bits per heavy atom. The Morgan fingerprint density at radius 3 is 2.76 bits per heavy atom. The third-order valence-corrected chi connectivity index (χ3v) is 5.80. The van der Waals surface area contributed by atoms with Gasteiger partial charge in [-0.05, 0) is 62.4 Å². The topological polar surface area (TPSA) is 124 Å². The van der Waals surface area contributed by atoms with Crippen LogP contribution in [0.4, 0.5) is 10.2 Å². The second kappa shape index (κ2) is 10.5. The van der Waals surface area contributed by atoms with Gasteiger partial charge in [0.25, 0.3) is 5.91 Å². The van der Waals surface area contributed by atoms with Crippen molar-refractivity contribution >= 4 is 11.7 Å². The summed E-state index contributed by atoms with van der Waals surface area (Å²) in [6.07, 6.45) is 6.24. The van der Waals surface area contributed by atoms with Crippen molar-refractivity contribution in [1.82, 2.24) is 14.9 Å². The van der Waals surface area contributed by atoms with Crippen molar-refractivity contribution in [1.29, 1.82) is 0 Å². The molecule has 178 valence electrons. The second-order valence-electron chi connectivity index (χ2n) is 8.75. The number of carbonyl (C=O) groups is 1. The van der Waals surface area contributed by atoms with Crippen LogP contribution in [0.5, 0.6) is 5.75 Å². The van der Waals surface area contributed by atoms with Crippen LogP contribution in [-0.2, 0) is 0 Å². The van der Waals surface area contributed by atoms with Crippen LogP contribution in [-0.4, -0.2) is 40.9 Å². The number of amides is 1. The molecule has 1 unspecified atom stereocenters. The first-order valence-electron chi connectivity index (χ1n) is 11.0. The minimum atomic E-state index is -0.645. The number of anilines is 1. The van der Waals surface area contributed by atoms with Crippen molar-refractivity contribution in [3.8, 4) is 5.75 Å². The first-order valence-corrected chi connectivity index (χ1v) is 11.0. The van der Waals surface area contributed by atoms with Gasteiger partial charge in [-0.3, -0.25) is 4.79 Å². The lowest BCUT2D eigenvalue weighted by atomic mass is 9.85. The number of nitrogen functional groups attached to an aromatic ring is 1.